The molecule has 0 spiro atoms. The minimum Gasteiger partial charge on any atom is -0.494 e. The van der Waals surface area contributed by atoms with Crippen LogP contribution in [0.5, 0.6) is 5.75 Å². The van der Waals surface area contributed by atoms with Gasteiger partial charge in [-0.2, -0.15) is 0 Å². The molecular weight excluding hydrogens is 341 g/mol. The fourth-order valence-corrected chi connectivity index (χ4v) is 3.04. The van der Waals surface area contributed by atoms with Crippen LogP contribution in [0.4, 0.5) is 9.52 Å². The fourth-order valence-electron chi connectivity index (χ4n) is 2.28. The van der Waals surface area contributed by atoms with E-state index in [0.29, 0.717) is 11.6 Å². The second kappa shape index (κ2) is 7.85. The lowest BCUT2D eigenvalue weighted by Crippen LogP contribution is -2.12. The molecular formula is C18H16FN3O2S. The van der Waals surface area contributed by atoms with Crippen LogP contribution in [0, 0.1) is 5.82 Å². The van der Waals surface area contributed by atoms with E-state index >= 15 is 0 Å². The van der Waals surface area contributed by atoms with Crippen molar-refractivity contribution < 1.29 is 13.9 Å². The number of carbonyl (C=O) groups excluding carboxylic acids is 1. The van der Waals surface area contributed by atoms with Crippen molar-refractivity contribution in [3.8, 4) is 16.3 Å². The molecule has 0 saturated carbocycles. The number of aromatic nitrogens is 2. The Morgan fingerprint density at radius 3 is 2.72 bits per heavy atom. The molecule has 3 rings (SSSR count). The van der Waals surface area contributed by atoms with Crippen LogP contribution in [0.1, 0.15) is 12.0 Å². The molecule has 0 radical (unpaired) electrons. The Morgan fingerprint density at radius 2 is 2.00 bits per heavy atom. The maximum Gasteiger partial charge on any atom is 0.226 e. The van der Waals surface area contributed by atoms with E-state index in [1.165, 1.54) is 24.5 Å². The summed E-state index contributed by atoms with van der Waals surface area (Å²) < 4.78 is 18.5. The monoisotopic (exact) mass is 357 g/mol. The molecule has 1 heterocycles. The van der Waals surface area contributed by atoms with Crippen molar-refractivity contribution in [1.29, 1.82) is 0 Å². The summed E-state index contributed by atoms with van der Waals surface area (Å²) in [6, 6.07) is 14.3. The van der Waals surface area contributed by atoms with Gasteiger partial charge in [0.05, 0.1) is 7.11 Å². The summed E-state index contributed by atoms with van der Waals surface area (Å²) in [7, 11) is 1.41. The second-order valence-corrected chi connectivity index (χ2v) is 6.27. The SMILES string of the molecule is COc1ccc(CCC(=O)Nc2nnc(-c3ccccc3)s2)cc1F. The number of carbonyl (C=O) groups is 1. The molecule has 0 aliphatic rings. The largest absolute Gasteiger partial charge is 0.494 e. The van der Waals surface area contributed by atoms with Gasteiger partial charge in [-0.1, -0.05) is 47.7 Å². The van der Waals surface area contributed by atoms with Crippen LogP contribution in [0.3, 0.4) is 0 Å². The van der Waals surface area contributed by atoms with E-state index in [1.54, 1.807) is 12.1 Å². The van der Waals surface area contributed by atoms with Gasteiger partial charge in [0.25, 0.3) is 0 Å². The van der Waals surface area contributed by atoms with Gasteiger partial charge < -0.3 is 10.1 Å². The zero-order chi connectivity index (χ0) is 17.6. The Balaban J connectivity index is 1.56. The zero-order valence-corrected chi connectivity index (χ0v) is 14.3. The van der Waals surface area contributed by atoms with E-state index in [2.05, 4.69) is 15.5 Å². The first-order valence-electron chi connectivity index (χ1n) is 7.67. The second-order valence-electron chi connectivity index (χ2n) is 5.30. The number of benzene rings is 2. The van der Waals surface area contributed by atoms with Crippen molar-refractivity contribution in [2.45, 2.75) is 12.8 Å². The number of methoxy groups -OCH3 is 1. The van der Waals surface area contributed by atoms with Crippen molar-refractivity contribution in [2.75, 3.05) is 12.4 Å². The van der Waals surface area contributed by atoms with E-state index in [9.17, 15) is 9.18 Å². The number of halogens is 1. The number of anilines is 1. The van der Waals surface area contributed by atoms with Gasteiger partial charge in [-0.05, 0) is 24.1 Å². The Morgan fingerprint density at radius 1 is 1.20 bits per heavy atom. The average Bonchev–Trinajstić information content (AvgIpc) is 3.09. The number of aryl methyl sites for hydroxylation is 1. The summed E-state index contributed by atoms with van der Waals surface area (Å²) in [6.45, 7) is 0. The molecule has 0 atom stereocenters. The molecule has 1 N–H and O–H groups in total. The lowest BCUT2D eigenvalue weighted by atomic mass is 10.1. The third-order valence-electron chi connectivity index (χ3n) is 3.55. The van der Waals surface area contributed by atoms with Gasteiger partial charge in [0.1, 0.15) is 5.01 Å². The van der Waals surface area contributed by atoms with Gasteiger partial charge in [0.15, 0.2) is 11.6 Å². The summed E-state index contributed by atoms with van der Waals surface area (Å²) in [4.78, 5) is 12.0. The number of hydrogen-bond donors (Lipinski definition) is 1. The van der Waals surface area contributed by atoms with Crippen molar-refractivity contribution in [2.24, 2.45) is 0 Å². The van der Waals surface area contributed by atoms with Crippen molar-refractivity contribution in [3.05, 3.63) is 59.9 Å². The number of hydrogen-bond acceptors (Lipinski definition) is 5. The molecule has 2 aromatic carbocycles. The van der Waals surface area contributed by atoms with Gasteiger partial charge in [0, 0.05) is 12.0 Å². The van der Waals surface area contributed by atoms with Gasteiger partial charge >= 0.3 is 0 Å². The number of amides is 1. The minimum absolute atomic E-state index is 0.188. The molecule has 0 saturated heterocycles. The Bertz CT molecular complexity index is 868. The van der Waals surface area contributed by atoms with Crippen LogP contribution in [-0.4, -0.2) is 23.2 Å². The number of nitrogens with zero attached hydrogens (tertiary/aromatic N) is 2. The highest BCUT2D eigenvalue weighted by molar-refractivity contribution is 7.18. The van der Waals surface area contributed by atoms with E-state index in [-0.39, 0.29) is 18.1 Å². The van der Waals surface area contributed by atoms with Crippen LogP contribution >= 0.6 is 11.3 Å². The number of nitrogens with one attached hydrogen (secondary N) is 1. The van der Waals surface area contributed by atoms with Crippen LogP contribution in [-0.2, 0) is 11.2 Å². The Hall–Kier alpha value is -2.80. The molecule has 1 amide bonds. The van der Waals surface area contributed by atoms with Gasteiger partial charge in [0.2, 0.25) is 11.0 Å². The first-order valence-corrected chi connectivity index (χ1v) is 8.48. The lowest BCUT2D eigenvalue weighted by Gasteiger charge is -2.05. The molecule has 0 unspecified atom stereocenters. The summed E-state index contributed by atoms with van der Waals surface area (Å²) in [5.74, 6) is -0.431. The molecule has 1 aromatic heterocycles. The lowest BCUT2D eigenvalue weighted by molar-refractivity contribution is -0.116. The molecule has 0 fully saturated rings. The molecule has 7 heteroatoms. The average molecular weight is 357 g/mol. The molecule has 0 aliphatic carbocycles. The number of ether oxygens (including phenoxy) is 1. The van der Waals surface area contributed by atoms with Gasteiger partial charge in [-0.3, -0.25) is 4.79 Å². The van der Waals surface area contributed by atoms with Gasteiger partial charge in [-0.25, -0.2) is 4.39 Å². The zero-order valence-electron chi connectivity index (χ0n) is 13.5. The third kappa shape index (κ3) is 4.39. The van der Waals surface area contributed by atoms with Crippen LogP contribution in [0.15, 0.2) is 48.5 Å². The Labute approximate surface area is 148 Å². The van der Waals surface area contributed by atoms with E-state index < -0.39 is 5.82 Å². The van der Waals surface area contributed by atoms with E-state index in [1.807, 2.05) is 30.3 Å². The third-order valence-corrected chi connectivity index (χ3v) is 4.44. The summed E-state index contributed by atoms with van der Waals surface area (Å²) in [6.07, 6.45) is 0.656. The molecule has 25 heavy (non-hydrogen) atoms. The first-order chi connectivity index (χ1) is 12.2. The highest BCUT2D eigenvalue weighted by atomic mass is 32.1. The normalized spacial score (nSPS) is 10.5. The molecule has 128 valence electrons. The highest BCUT2D eigenvalue weighted by Gasteiger charge is 2.10. The summed E-state index contributed by atoms with van der Waals surface area (Å²) >= 11 is 1.31. The quantitative estimate of drug-likeness (QED) is 0.726. The van der Waals surface area contributed by atoms with Crippen molar-refractivity contribution in [3.63, 3.8) is 0 Å². The maximum atomic E-state index is 13.6. The minimum atomic E-state index is -0.433. The molecule has 3 aromatic rings. The summed E-state index contributed by atoms with van der Waals surface area (Å²) in [5.41, 5.74) is 1.69. The molecule has 0 aliphatic heterocycles. The maximum absolute atomic E-state index is 13.6. The van der Waals surface area contributed by atoms with Crippen LogP contribution in [0.25, 0.3) is 10.6 Å². The summed E-state index contributed by atoms with van der Waals surface area (Å²) in [5, 5.41) is 12.0. The topological polar surface area (TPSA) is 64.1 Å². The molecule has 0 bridgehead atoms. The van der Waals surface area contributed by atoms with Crippen molar-refractivity contribution >= 4 is 22.4 Å². The smallest absolute Gasteiger partial charge is 0.226 e. The fraction of sp³-hybridized carbons (Fsp3) is 0.167. The van der Waals surface area contributed by atoms with Crippen molar-refractivity contribution in [1.82, 2.24) is 10.2 Å². The highest BCUT2D eigenvalue weighted by Crippen LogP contribution is 2.26. The number of rotatable bonds is 6. The van der Waals surface area contributed by atoms with Gasteiger partial charge in [-0.15, -0.1) is 10.2 Å². The van der Waals surface area contributed by atoms with Crippen LogP contribution in [0.2, 0.25) is 0 Å². The Kier molecular flexibility index (Phi) is 5.35. The predicted molar refractivity (Wildman–Crippen MR) is 95.2 cm³/mol. The van der Waals surface area contributed by atoms with E-state index in [0.717, 1.165) is 16.1 Å². The van der Waals surface area contributed by atoms with Crippen LogP contribution < -0.4 is 10.1 Å². The molecule has 5 nitrogen and oxygen atoms in total. The van der Waals surface area contributed by atoms with E-state index in [4.69, 9.17) is 4.74 Å². The first kappa shape index (κ1) is 17.0. The predicted octanol–water partition coefficient (Wildman–Crippen LogP) is 3.92. The standard InChI is InChI=1S/C18H16FN3O2S/c1-24-15-9-7-12(11-14(15)19)8-10-16(23)20-18-22-21-17(25-18)13-5-3-2-4-6-13/h2-7,9,11H,8,10H2,1H3,(H,20,22,23).